The van der Waals surface area contributed by atoms with Gasteiger partial charge in [0.15, 0.2) is 23.3 Å². The Bertz CT molecular complexity index is 2370. The minimum Gasteiger partial charge on any atom is -0.493 e. The predicted molar refractivity (Wildman–Crippen MR) is 162 cm³/mol. The molecule has 0 aliphatic carbocycles. The normalized spacial score (nSPS) is 13.3. The highest BCUT2D eigenvalue weighted by Crippen LogP contribution is 2.36. The van der Waals surface area contributed by atoms with Gasteiger partial charge in [-0.3, -0.25) is 0 Å². The summed E-state index contributed by atoms with van der Waals surface area (Å²) in [6, 6.07) is 5.85. The Morgan fingerprint density at radius 1 is 0.438 bits per heavy atom. The van der Waals surface area contributed by atoms with Gasteiger partial charge in [0.2, 0.25) is 23.5 Å². The topological polar surface area (TPSA) is 253 Å². The summed E-state index contributed by atoms with van der Waals surface area (Å²) in [6.45, 7) is 6.90. The van der Waals surface area contributed by atoms with E-state index in [-0.39, 0.29) is 82.8 Å². The van der Waals surface area contributed by atoms with Crippen LogP contribution in [0.15, 0.2) is 24.3 Å². The number of hydrogen-bond acceptors (Lipinski definition) is 16. The Kier molecular flexibility index (Phi) is 6.29. The van der Waals surface area contributed by atoms with Crippen LogP contribution < -0.4 is 0 Å². The summed E-state index contributed by atoms with van der Waals surface area (Å²) in [6.07, 6.45) is 0.125. The molecule has 2 unspecified atom stereocenters. The van der Waals surface area contributed by atoms with E-state index in [0.29, 0.717) is 22.8 Å². The number of fused-ring (bicyclic) bond motifs is 4. The van der Waals surface area contributed by atoms with Crippen molar-refractivity contribution in [3.05, 3.63) is 70.3 Å². The summed E-state index contributed by atoms with van der Waals surface area (Å²) >= 11 is 0. The second-order valence-electron chi connectivity index (χ2n) is 11.5. The lowest BCUT2D eigenvalue weighted by atomic mass is 9.85. The van der Waals surface area contributed by atoms with Crippen LogP contribution in [0.1, 0.15) is 57.9 Å². The Balaban J connectivity index is 1.34. The first-order chi connectivity index (χ1) is 23.0. The largest absolute Gasteiger partial charge is 0.493 e. The van der Waals surface area contributed by atoms with Gasteiger partial charge in [0.05, 0.1) is 0 Å². The van der Waals surface area contributed by atoms with Gasteiger partial charge < -0.3 is 20.4 Å². The third kappa shape index (κ3) is 4.85. The van der Waals surface area contributed by atoms with Gasteiger partial charge in [0, 0.05) is 71.7 Å². The lowest BCUT2D eigenvalue weighted by Gasteiger charge is -2.20. The van der Waals surface area contributed by atoms with Crippen molar-refractivity contribution in [1.82, 2.24) is 78.3 Å². The van der Waals surface area contributed by atoms with Crippen LogP contribution in [0.4, 0.5) is 0 Å². The molecule has 8 rings (SSSR count). The third-order valence-electron chi connectivity index (χ3n) is 7.76. The molecule has 20 nitrogen and oxygen atoms in total. The molecule has 0 amide bonds. The zero-order chi connectivity index (χ0) is 33.4. The fraction of sp³-hybridized carbons (Fsp3) is 0.286. The average molecular weight is 651 g/mol. The molecule has 0 fully saturated rings. The van der Waals surface area contributed by atoms with Crippen molar-refractivity contribution in [2.24, 2.45) is 0 Å². The summed E-state index contributed by atoms with van der Waals surface area (Å²) in [5, 5.41) is 60.7. The first-order valence-electron chi connectivity index (χ1n) is 14.7. The number of aryl methyl sites for hydroxylation is 4. The second-order valence-corrected chi connectivity index (χ2v) is 11.5. The highest BCUT2D eigenvalue weighted by Gasteiger charge is 2.35. The summed E-state index contributed by atoms with van der Waals surface area (Å²) in [5.74, 6) is -0.427. The van der Waals surface area contributed by atoms with Crippen molar-refractivity contribution in [1.29, 1.82) is 0 Å². The first-order valence-corrected chi connectivity index (χ1v) is 14.7. The molecule has 4 N–H and O–H groups in total. The molecule has 0 aromatic carbocycles. The van der Waals surface area contributed by atoms with E-state index in [2.05, 4.69) is 60.3 Å². The number of aromatic nitrogens is 16. The van der Waals surface area contributed by atoms with E-state index in [1.807, 2.05) is 0 Å². The Morgan fingerprint density at radius 2 is 0.729 bits per heavy atom. The monoisotopic (exact) mass is 650 g/mol. The molecule has 0 saturated carbocycles. The van der Waals surface area contributed by atoms with Gasteiger partial charge >= 0.3 is 0 Å². The molecule has 48 heavy (non-hydrogen) atoms. The van der Waals surface area contributed by atoms with E-state index < -0.39 is 11.8 Å². The number of rotatable bonds is 7. The van der Waals surface area contributed by atoms with Crippen molar-refractivity contribution in [3.63, 3.8) is 0 Å². The first kappa shape index (κ1) is 28.8. The van der Waals surface area contributed by atoms with Crippen molar-refractivity contribution >= 4 is 23.1 Å². The fourth-order valence-corrected chi connectivity index (χ4v) is 5.69. The zero-order valence-corrected chi connectivity index (χ0v) is 25.8. The summed E-state index contributed by atoms with van der Waals surface area (Å²) < 4.78 is 4.86. The van der Waals surface area contributed by atoms with Crippen molar-refractivity contribution in [3.8, 4) is 23.5 Å². The summed E-state index contributed by atoms with van der Waals surface area (Å²) in [5.41, 5.74) is 2.16. The molecule has 8 aromatic rings. The molecule has 8 aromatic heterocycles. The van der Waals surface area contributed by atoms with Crippen molar-refractivity contribution in [2.45, 2.75) is 52.4 Å². The number of aromatic hydroxyl groups is 4. The third-order valence-corrected chi connectivity index (χ3v) is 7.76. The second kappa shape index (κ2) is 10.5. The Hall–Kier alpha value is -6.60. The lowest BCUT2D eigenvalue weighted by Crippen LogP contribution is -2.21. The van der Waals surface area contributed by atoms with Gasteiger partial charge in [0.1, 0.15) is 0 Å². The molecule has 0 aliphatic heterocycles. The van der Waals surface area contributed by atoms with Crippen LogP contribution in [0, 0.1) is 27.7 Å². The molecule has 8 heterocycles. The minimum absolute atomic E-state index is 0.0626. The molecular formula is C28H26N16O4. The van der Waals surface area contributed by atoms with E-state index in [9.17, 15) is 20.4 Å². The molecule has 242 valence electrons. The van der Waals surface area contributed by atoms with Gasteiger partial charge in [-0.25, -0.2) is 19.9 Å². The van der Waals surface area contributed by atoms with Crippen LogP contribution in [0.3, 0.4) is 0 Å². The van der Waals surface area contributed by atoms with Gasteiger partial charge in [-0.05, 0) is 27.7 Å². The lowest BCUT2D eigenvalue weighted by molar-refractivity contribution is 0.422. The van der Waals surface area contributed by atoms with Gasteiger partial charge in [-0.2, -0.15) is 38.0 Å². The van der Waals surface area contributed by atoms with Crippen LogP contribution >= 0.6 is 0 Å². The van der Waals surface area contributed by atoms with Crippen LogP contribution in [0.5, 0.6) is 23.5 Å². The van der Waals surface area contributed by atoms with Gasteiger partial charge in [0.25, 0.3) is 23.1 Å². The molecule has 0 aliphatic rings. The van der Waals surface area contributed by atoms with E-state index in [1.54, 1.807) is 27.7 Å². The van der Waals surface area contributed by atoms with E-state index in [0.717, 1.165) is 0 Å². The fourth-order valence-electron chi connectivity index (χ4n) is 5.69. The molecule has 0 radical (unpaired) electrons. The number of nitrogens with zero attached hydrogens (tertiary/aromatic N) is 16. The Morgan fingerprint density at radius 3 is 1.06 bits per heavy atom. The van der Waals surface area contributed by atoms with Crippen LogP contribution in [0.2, 0.25) is 0 Å². The van der Waals surface area contributed by atoms with Crippen LogP contribution in [-0.4, -0.2) is 98.8 Å². The van der Waals surface area contributed by atoms with Gasteiger partial charge in [-0.1, -0.05) is 0 Å². The molecule has 0 spiro atoms. The molecule has 0 saturated heterocycles. The maximum atomic E-state index is 10.7. The summed E-state index contributed by atoms with van der Waals surface area (Å²) in [4.78, 5) is 36.1. The summed E-state index contributed by atoms with van der Waals surface area (Å²) in [7, 11) is 0. The highest BCUT2D eigenvalue weighted by molar-refractivity contribution is 5.39. The molecule has 0 bridgehead atoms. The average Bonchev–Trinajstić information content (AvgIpc) is 3.79. The zero-order valence-electron chi connectivity index (χ0n) is 25.8. The van der Waals surface area contributed by atoms with E-state index >= 15 is 0 Å². The Labute approximate surface area is 268 Å². The van der Waals surface area contributed by atoms with Crippen molar-refractivity contribution < 1.29 is 20.4 Å². The van der Waals surface area contributed by atoms with Crippen LogP contribution in [0.25, 0.3) is 23.1 Å². The van der Waals surface area contributed by atoms with E-state index in [4.69, 9.17) is 0 Å². The van der Waals surface area contributed by atoms with E-state index in [1.165, 1.54) is 42.3 Å². The minimum atomic E-state index is -0.748. The molecule has 20 heteroatoms. The SMILES string of the molecule is Cc1cc(O)n2nc(CC(c3nc4nc(C)cc(O)n4n3)C(Cc3nc4nc(C)cc(O)n4n3)c3nc4nc(C)cc(O)n4n3)nc2n1. The smallest absolute Gasteiger partial charge is 0.255 e. The quantitative estimate of drug-likeness (QED) is 0.186. The predicted octanol–water partition coefficient (Wildman–Crippen LogP) is 0.846. The number of hydrogen-bond donors (Lipinski definition) is 4. The molecular weight excluding hydrogens is 624 g/mol. The van der Waals surface area contributed by atoms with Crippen LogP contribution in [-0.2, 0) is 12.8 Å². The molecule has 2 atom stereocenters. The standard InChI is InChI=1S/C28H26N16O4/c1-11-5-19(45)41-25(29-11)33-17(37-41)9-15(23-35-27-31-13(3)7-21(47)43(27)39-23)16(24-36-28-32-14(4)8-22(48)44(28)40-24)10-18-34-26-30-12(2)6-20(46)42(26)38-18/h5-8,15-16,45-48H,9-10H2,1-4H3. The maximum absolute atomic E-state index is 10.7. The maximum Gasteiger partial charge on any atom is 0.255 e. The van der Waals surface area contributed by atoms with Gasteiger partial charge in [-0.15, -0.1) is 20.4 Å². The highest BCUT2D eigenvalue weighted by atomic mass is 16.3. The van der Waals surface area contributed by atoms with Crippen molar-refractivity contribution in [2.75, 3.05) is 0 Å².